The van der Waals surface area contributed by atoms with Gasteiger partial charge in [-0.3, -0.25) is 4.79 Å². The zero-order chi connectivity index (χ0) is 15.9. The van der Waals surface area contributed by atoms with E-state index in [1.165, 1.54) is 37.8 Å². The Morgan fingerprint density at radius 1 is 1.09 bits per heavy atom. The highest BCUT2D eigenvalue weighted by molar-refractivity contribution is 5.78. The molecule has 2 fully saturated rings. The molecule has 0 aromatic heterocycles. The summed E-state index contributed by atoms with van der Waals surface area (Å²) in [5.74, 6) is 1.24. The molecule has 3 rings (SSSR count). The number of likely N-dealkylation sites (tertiary alicyclic amines) is 1. The largest absolute Gasteiger partial charge is 0.356 e. The molecule has 2 aliphatic rings. The summed E-state index contributed by atoms with van der Waals surface area (Å²) >= 11 is 0. The summed E-state index contributed by atoms with van der Waals surface area (Å²) in [6.45, 7) is 4.32. The SMILES string of the molecule is O=C(NCC1CCN(CCc2ccccc2)C1)C1CCCCC1. The third-order valence-corrected chi connectivity index (χ3v) is 5.47. The first-order chi connectivity index (χ1) is 11.3. The van der Waals surface area contributed by atoms with Gasteiger partial charge in [-0.05, 0) is 43.7 Å². The second-order valence-electron chi connectivity index (χ2n) is 7.27. The van der Waals surface area contributed by atoms with Gasteiger partial charge < -0.3 is 10.2 Å². The van der Waals surface area contributed by atoms with Crippen molar-refractivity contribution in [3.8, 4) is 0 Å². The van der Waals surface area contributed by atoms with E-state index in [9.17, 15) is 4.79 Å². The number of amides is 1. The Kier molecular flexibility index (Phi) is 6.09. The molecule has 1 amide bonds. The number of hydrogen-bond donors (Lipinski definition) is 1. The summed E-state index contributed by atoms with van der Waals surface area (Å²) in [6, 6.07) is 10.7. The van der Waals surface area contributed by atoms with Crippen LogP contribution in [0.4, 0.5) is 0 Å². The Bertz CT molecular complexity index is 482. The number of nitrogens with zero attached hydrogens (tertiary/aromatic N) is 1. The summed E-state index contributed by atoms with van der Waals surface area (Å²) in [5.41, 5.74) is 1.42. The van der Waals surface area contributed by atoms with Gasteiger partial charge in [0.15, 0.2) is 0 Å². The van der Waals surface area contributed by atoms with Crippen molar-refractivity contribution < 1.29 is 4.79 Å². The molecule has 0 bridgehead atoms. The summed E-state index contributed by atoms with van der Waals surface area (Å²) in [4.78, 5) is 14.8. The zero-order valence-corrected chi connectivity index (χ0v) is 14.2. The van der Waals surface area contributed by atoms with Gasteiger partial charge >= 0.3 is 0 Å². The standard InChI is InChI=1S/C20H30N2O/c23-20(19-9-5-2-6-10-19)21-15-18-12-14-22(16-18)13-11-17-7-3-1-4-8-17/h1,3-4,7-8,18-19H,2,5-6,9-16H2,(H,21,23). The van der Waals surface area contributed by atoms with E-state index < -0.39 is 0 Å². The first-order valence-corrected chi connectivity index (χ1v) is 9.35. The van der Waals surface area contributed by atoms with E-state index in [0.29, 0.717) is 17.7 Å². The molecule has 1 aromatic rings. The fraction of sp³-hybridized carbons (Fsp3) is 0.650. The molecule has 1 saturated carbocycles. The van der Waals surface area contributed by atoms with Crippen LogP contribution in [0.25, 0.3) is 0 Å². The average Bonchev–Trinajstić information content (AvgIpc) is 3.07. The van der Waals surface area contributed by atoms with E-state index in [1.807, 2.05) is 0 Å². The molecular weight excluding hydrogens is 284 g/mol. The monoisotopic (exact) mass is 314 g/mol. The number of carbonyl (C=O) groups is 1. The molecule has 1 aromatic carbocycles. The van der Waals surface area contributed by atoms with Crippen LogP contribution >= 0.6 is 0 Å². The number of benzene rings is 1. The van der Waals surface area contributed by atoms with Crippen molar-refractivity contribution in [1.82, 2.24) is 10.2 Å². The molecule has 0 spiro atoms. The van der Waals surface area contributed by atoms with Crippen LogP contribution < -0.4 is 5.32 Å². The van der Waals surface area contributed by atoms with Crippen LogP contribution in [0.3, 0.4) is 0 Å². The molecular formula is C20H30N2O. The normalized spacial score (nSPS) is 23.0. The molecule has 1 N–H and O–H groups in total. The molecule has 23 heavy (non-hydrogen) atoms. The fourth-order valence-electron chi connectivity index (χ4n) is 3.97. The van der Waals surface area contributed by atoms with E-state index in [1.54, 1.807) is 0 Å². The van der Waals surface area contributed by atoms with Crippen LogP contribution in [0.15, 0.2) is 30.3 Å². The van der Waals surface area contributed by atoms with Gasteiger partial charge in [0.05, 0.1) is 0 Å². The Morgan fingerprint density at radius 3 is 2.65 bits per heavy atom. The molecule has 0 radical (unpaired) electrons. The predicted octanol–water partition coefficient (Wildman–Crippen LogP) is 3.25. The van der Waals surface area contributed by atoms with Crippen molar-refractivity contribution in [1.29, 1.82) is 0 Å². The summed E-state index contributed by atoms with van der Waals surface area (Å²) in [7, 11) is 0. The van der Waals surface area contributed by atoms with Crippen molar-refractivity contribution in [2.75, 3.05) is 26.2 Å². The van der Waals surface area contributed by atoms with Gasteiger partial charge in [0, 0.05) is 25.6 Å². The molecule has 1 aliphatic heterocycles. The van der Waals surface area contributed by atoms with E-state index >= 15 is 0 Å². The minimum Gasteiger partial charge on any atom is -0.356 e. The minimum absolute atomic E-state index is 0.291. The second-order valence-corrected chi connectivity index (χ2v) is 7.27. The maximum Gasteiger partial charge on any atom is 0.223 e. The average molecular weight is 314 g/mol. The highest BCUT2D eigenvalue weighted by atomic mass is 16.1. The smallest absolute Gasteiger partial charge is 0.223 e. The lowest BCUT2D eigenvalue weighted by molar-refractivity contribution is -0.126. The Balaban J connectivity index is 1.34. The summed E-state index contributed by atoms with van der Waals surface area (Å²) in [6.07, 6.45) is 8.31. The lowest BCUT2D eigenvalue weighted by Crippen LogP contribution is -2.36. The topological polar surface area (TPSA) is 32.3 Å². The minimum atomic E-state index is 0.291. The maximum absolute atomic E-state index is 12.2. The molecule has 1 atom stereocenters. The van der Waals surface area contributed by atoms with Crippen LogP contribution in [0, 0.1) is 11.8 Å². The van der Waals surface area contributed by atoms with Gasteiger partial charge in [0.2, 0.25) is 5.91 Å². The van der Waals surface area contributed by atoms with Gasteiger partial charge in [0.25, 0.3) is 0 Å². The lowest BCUT2D eigenvalue weighted by atomic mass is 9.88. The van der Waals surface area contributed by atoms with Crippen LogP contribution in [0.1, 0.15) is 44.1 Å². The first-order valence-electron chi connectivity index (χ1n) is 9.35. The second kappa shape index (κ2) is 8.49. The van der Waals surface area contributed by atoms with Gasteiger partial charge in [0.1, 0.15) is 0 Å². The predicted molar refractivity (Wildman–Crippen MR) is 94.3 cm³/mol. The Hall–Kier alpha value is -1.35. The number of carbonyl (C=O) groups excluding carboxylic acids is 1. The van der Waals surface area contributed by atoms with Crippen molar-refractivity contribution in [2.45, 2.75) is 44.9 Å². The van der Waals surface area contributed by atoms with Crippen molar-refractivity contribution in [3.05, 3.63) is 35.9 Å². The third kappa shape index (κ3) is 5.07. The van der Waals surface area contributed by atoms with E-state index in [2.05, 4.69) is 40.5 Å². The highest BCUT2D eigenvalue weighted by Crippen LogP contribution is 2.24. The molecule has 1 aliphatic carbocycles. The lowest BCUT2D eigenvalue weighted by Gasteiger charge is -2.22. The molecule has 126 valence electrons. The molecule has 1 heterocycles. The number of rotatable bonds is 6. The van der Waals surface area contributed by atoms with Gasteiger partial charge in [-0.2, -0.15) is 0 Å². The summed E-state index contributed by atoms with van der Waals surface area (Å²) < 4.78 is 0. The molecule has 1 saturated heterocycles. The van der Waals surface area contributed by atoms with Crippen molar-refractivity contribution >= 4 is 5.91 Å². The summed E-state index contributed by atoms with van der Waals surface area (Å²) in [5, 5.41) is 3.22. The van der Waals surface area contributed by atoms with E-state index in [-0.39, 0.29) is 0 Å². The van der Waals surface area contributed by atoms with Crippen LogP contribution in [0.2, 0.25) is 0 Å². The maximum atomic E-state index is 12.2. The van der Waals surface area contributed by atoms with Crippen LogP contribution in [-0.4, -0.2) is 37.0 Å². The van der Waals surface area contributed by atoms with Crippen LogP contribution in [-0.2, 0) is 11.2 Å². The van der Waals surface area contributed by atoms with Crippen LogP contribution in [0.5, 0.6) is 0 Å². The Morgan fingerprint density at radius 2 is 1.87 bits per heavy atom. The van der Waals surface area contributed by atoms with Crippen molar-refractivity contribution in [3.63, 3.8) is 0 Å². The van der Waals surface area contributed by atoms with Gasteiger partial charge in [-0.1, -0.05) is 49.6 Å². The van der Waals surface area contributed by atoms with E-state index in [4.69, 9.17) is 0 Å². The molecule has 3 heteroatoms. The zero-order valence-electron chi connectivity index (χ0n) is 14.2. The Labute approximate surface area is 140 Å². The van der Waals surface area contributed by atoms with Crippen molar-refractivity contribution in [2.24, 2.45) is 11.8 Å². The molecule has 1 unspecified atom stereocenters. The van der Waals surface area contributed by atoms with E-state index in [0.717, 1.165) is 38.9 Å². The highest BCUT2D eigenvalue weighted by Gasteiger charge is 2.25. The number of nitrogens with one attached hydrogen (secondary N) is 1. The number of hydrogen-bond acceptors (Lipinski definition) is 2. The molecule has 3 nitrogen and oxygen atoms in total. The third-order valence-electron chi connectivity index (χ3n) is 5.47. The van der Waals surface area contributed by atoms with Gasteiger partial charge in [-0.25, -0.2) is 0 Å². The van der Waals surface area contributed by atoms with Gasteiger partial charge in [-0.15, -0.1) is 0 Å². The quantitative estimate of drug-likeness (QED) is 0.874. The first kappa shape index (κ1) is 16.5. The fourth-order valence-corrected chi connectivity index (χ4v) is 3.97.